The Balaban J connectivity index is 1.59. The Morgan fingerprint density at radius 1 is 1.21 bits per heavy atom. The smallest absolute Gasteiger partial charge is 0.392 e. The van der Waals surface area contributed by atoms with Crippen LogP contribution in [-0.4, -0.2) is 79.9 Å². The molecule has 0 aromatic rings. The predicted molar refractivity (Wildman–Crippen MR) is 83.9 cm³/mol. The molecule has 11 nitrogen and oxygen atoms in total. The number of alkyl halides is 2. The Bertz CT molecular complexity index is 854. The fraction of sp³-hybridized carbons (Fsp3) is 0.667. The van der Waals surface area contributed by atoms with Crippen LogP contribution < -0.4 is 0 Å². The van der Waals surface area contributed by atoms with Crippen LogP contribution in [0.5, 0.6) is 0 Å². The first-order chi connectivity index (χ1) is 13.3. The van der Waals surface area contributed by atoms with E-state index < -0.39 is 88.5 Å². The molecule has 14 heteroatoms. The summed E-state index contributed by atoms with van der Waals surface area (Å²) in [5, 5.41) is -4.57. The predicted octanol–water partition coefficient (Wildman–Crippen LogP) is -0.794. The molecule has 0 aliphatic carbocycles. The number of hydrogen-bond acceptors (Lipinski definition) is 10. The van der Waals surface area contributed by atoms with Gasteiger partial charge in [-0.15, -0.1) is 0 Å². The monoisotopic (exact) mass is 442 g/mol. The van der Waals surface area contributed by atoms with Crippen molar-refractivity contribution < 1.29 is 59.8 Å². The van der Waals surface area contributed by atoms with Crippen LogP contribution in [0.15, 0.2) is 12.2 Å². The highest BCUT2D eigenvalue weighted by molar-refractivity contribution is 7.86. The van der Waals surface area contributed by atoms with Crippen LogP contribution in [0, 0.1) is 5.92 Å². The van der Waals surface area contributed by atoms with E-state index >= 15 is 0 Å². The summed E-state index contributed by atoms with van der Waals surface area (Å²) in [4.78, 5) is 35.4. The zero-order valence-corrected chi connectivity index (χ0v) is 15.6. The molecular weight excluding hydrogens is 426 g/mol. The van der Waals surface area contributed by atoms with Gasteiger partial charge in [-0.3, -0.25) is 14.1 Å². The third kappa shape index (κ3) is 3.84. The lowest BCUT2D eigenvalue weighted by molar-refractivity contribution is -0.161. The highest BCUT2D eigenvalue weighted by Crippen LogP contribution is 2.49. The average molecular weight is 442 g/mol. The molecule has 3 aliphatic heterocycles. The van der Waals surface area contributed by atoms with Crippen LogP contribution in [0.1, 0.15) is 6.92 Å². The molecule has 162 valence electrons. The van der Waals surface area contributed by atoms with E-state index in [0.29, 0.717) is 0 Å². The Morgan fingerprint density at radius 2 is 1.86 bits per heavy atom. The second-order valence-corrected chi connectivity index (χ2v) is 8.19. The van der Waals surface area contributed by atoms with Crippen molar-refractivity contribution in [2.45, 2.75) is 42.7 Å². The van der Waals surface area contributed by atoms with Crippen molar-refractivity contribution in [2.24, 2.45) is 5.92 Å². The first kappa shape index (κ1) is 21.5. The molecule has 3 rings (SSSR count). The third-order valence-corrected chi connectivity index (χ3v) is 5.47. The maximum Gasteiger partial charge on any atom is 0.392 e. The number of rotatable bonds is 8. The van der Waals surface area contributed by atoms with Gasteiger partial charge in [0.1, 0.15) is 30.8 Å². The van der Waals surface area contributed by atoms with E-state index in [9.17, 15) is 31.6 Å². The van der Waals surface area contributed by atoms with Crippen LogP contribution in [0.3, 0.4) is 0 Å². The van der Waals surface area contributed by atoms with Gasteiger partial charge in [-0.25, -0.2) is 4.79 Å². The van der Waals surface area contributed by atoms with Gasteiger partial charge in [0.15, 0.2) is 12.2 Å². The van der Waals surface area contributed by atoms with Gasteiger partial charge in [0.2, 0.25) is 0 Å². The number of halogens is 2. The lowest BCUT2D eigenvalue weighted by Crippen LogP contribution is -2.49. The van der Waals surface area contributed by atoms with Gasteiger partial charge >= 0.3 is 33.3 Å². The molecule has 3 fully saturated rings. The van der Waals surface area contributed by atoms with E-state index in [-0.39, 0.29) is 0 Å². The van der Waals surface area contributed by atoms with Gasteiger partial charge in [-0.05, 0) is 0 Å². The van der Waals surface area contributed by atoms with Gasteiger partial charge in [0.25, 0.3) is 0 Å². The minimum absolute atomic E-state index is 0.455. The van der Waals surface area contributed by atoms with E-state index in [4.69, 9.17) is 23.5 Å². The molecule has 0 spiro atoms. The fourth-order valence-corrected chi connectivity index (χ4v) is 3.60. The first-order valence-corrected chi connectivity index (χ1v) is 9.62. The van der Waals surface area contributed by atoms with E-state index in [1.807, 2.05) is 0 Å². The number of carbonyl (C=O) groups is 3. The van der Waals surface area contributed by atoms with Crippen LogP contribution in [0.4, 0.5) is 8.78 Å². The largest absolute Gasteiger partial charge is 0.459 e. The molecule has 0 radical (unpaired) electrons. The number of ether oxygens (including phenoxy) is 5. The minimum Gasteiger partial charge on any atom is -0.459 e. The molecule has 6 atom stereocenters. The van der Waals surface area contributed by atoms with Gasteiger partial charge in [0, 0.05) is 6.92 Å². The average Bonchev–Trinajstić information content (AvgIpc) is 3.17. The molecule has 2 bridgehead atoms. The Labute approximate surface area is 162 Å². The van der Waals surface area contributed by atoms with Crippen molar-refractivity contribution >= 4 is 28.0 Å². The maximum absolute atomic E-state index is 13.1. The molecule has 0 amide bonds. The molecule has 29 heavy (non-hydrogen) atoms. The van der Waals surface area contributed by atoms with E-state index in [2.05, 4.69) is 11.3 Å². The summed E-state index contributed by atoms with van der Waals surface area (Å²) in [5.74, 6) is -3.28. The van der Waals surface area contributed by atoms with Crippen molar-refractivity contribution in [3.63, 3.8) is 0 Å². The van der Waals surface area contributed by atoms with Crippen molar-refractivity contribution in [3.05, 3.63) is 12.2 Å². The van der Waals surface area contributed by atoms with Crippen molar-refractivity contribution in [1.82, 2.24) is 0 Å². The lowest BCUT2D eigenvalue weighted by Gasteiger charge is -2.28. The van der Waals surface area contributed by atoms with Crippen LogP contribution in [0.2, 0.25) is 0 Å². The Hall–Kier alpha value is -2.16. The van der Waals surface area contributed by atoms with Crippen LogP contribution in [-0.2, 0) is 48.2 Å². The summed E-state index contributed by atoms with van der Waals surface area (Å²) in [6.07, 6.45) is -4.81. The van der Waals surface area contributed by atoms with Gasteiger partial charge < -0.3 is 23.7 Å². The van der Waals surface area contributed by atoms with E-state index in [0.717, 1.165) is 6.92 Å². The summed E-state index contributed by atoms with van der Waals surface area (Å²) < 4.78 is 80.9. The number of esters is 3. The summed E-state index contributed by atoms with van der Waals surface area (Å²) >= 11 is 0. The summed E-state index contributed by atoms with van der Waals surface area (Å²) in [7, 11) is -5.68. The minimum atomic E-state index is -5.68. The molecule has 6 unspecified atom stereocenters. The second-order valence-electron chi connectivity index (χ2n) is 6.65. The zero-order valence-electron chi connectivity index (χ0n) is 14.8. The molecule has 3 aliphatic rings. The molecule has 0 aromatic carbocycles. The van der Waals surface area contributed by atoms with Crippen molar-refractivity contribution in [1.29, 1.82) is 0 Å². The molecule has 1 N–H and O–H groups in total. The molecule has 0 saturated carbocycles. The number of fused-ring (bicyclic) bond motifs is 1. The third-order valence-electron chi connectivity index (χ3n) is 4.60. The second kappa shape index (κ2) is 7.27. The molecule has 3 saturated heterocycles. The topological polar surface area (TPSA) is 152 Å². The van der Waals surface area contributed by atoms with E-state index in [1.165, 1.54) is 0 Å². The SMILES string of the molecule is C=C(COCC(F)(F)S(=O)(=O)O)C(=O)OC1C2OC3C1OC(=O)C3C2OC(C)=O. The number of hydrogen-bond donors (Lipinski definition) is 1. The summed E-state index contributed by atoms with van der Waals surface area (Å²) in [5.41, 5.74) is -0.455. The van der Waals surface area contributed by atoms with Gasteiger partial charge in [0.05, 0.1) is 12.2 Å². The zero-order chi connectivity index (χ0) is 21.7. The highest BCUT2D eigenvalue weighted by atomic mass is 32.2. The molecule has 0 aromatic heterocycles. The Morgan fingerprint density at radius 3 is 2.45 bits per heavy atom. The quantitative estimate of drug-likeness (QED) is 0.218. The fourth-order valence-electron chi connectivity index (χ4n) is 3.37. The number of carbonyl (C=O) groups excluding carboxylic acids is 3. The summed E-state index contributed by atoms with van der Waals surface area (Å²) in [6.45, 7) is 1.88. The lowest BCUT2D eigenvalue weighted by atomic mass is 9.85. The standard InChI is InChI=1S/C15H16F2O11S/c1-5(3-24-4-15(16,17)29(21,22)23)13(19)27-12-10-8(25-6(2)18)7-9(26-10)11(12)28-14(7)20/h7-12H,1,3-4H2,2H3,(H,21,22,23). The highest BCUT2D eigenvalue weighted by Gasteiger charge is 2.71. The van der Waals surface area contributed by atoms with Crippen LogP contribution >= 0.6 is 0 Å². The van der Waals surface area contributed by atoms with Gasteiger partial charge in [-0.2, -0.15) is 17.2 Å². The summed E-state index contributed by atoms with van der Waals surface area (Å²) in [6, 6.07) is 0. The molecule has 3 heterocycles. The van der Waals surface area contributed by atoms with Gasteiger partial charge in [-0.1, -0.05) is 6.58 Å². The van der Waals surface area contributed by atoms with Crippen molar-refractivity contribution in [2.75, 3.05) is 13.2 Å². The van der Waals surface area contributed by atoms with Crippen LogP contribution in [0.25, 0.3) is 0 Å². The van der Waals surface area contributed by atoms with Crippen molar-refractivity contribution in [3.8, 4) is 0 Å². The Kier molecular flexibility index (Phi) is 5.40. The van der Waals surface area contributed by atoms with E-state index in [1.54, 1.807) is 0 Å². The maximum atomic E-state index is 13.1. The molecular formula is C15H16F2O11S. The first-order valence-electron chi connectivity index (χ1n) is 8.18. The normalized spacial score (nSPS) is 32.8.